The van der Waals surface area contributed by atoms with Crippen LogP contribution in [0.1, 0.15) is 43.9 Å². The van der Waals surface area contributed by atoms with Gasteiger partial charge in [0.05, 0.1) is 20.6 Å². The summed E-state index contributed by atoms with van der Waals surface area (Å²) in [5.41, 5.74) is 2.65. The lowest BCUT2D eigenvalue weighted by molar-refractivity contribution is -0.139. The van der Waals surface area contributed by atoms with Crippen LogP contribution in [0.25, 0.3) is 0 Å². The number of aryl methyl sites for hydroxylation is 1. The molecule has 3 aromatic rings. The van der Waals surface area contributed by atoms with Gasteiger partial charge < -0.3 is 10.2 Å². The number of nitrogens with zero attached hydrogens (tertiary/aromatic N) is 2. The number of hydrogen-bond donors (Lipinski definition) is 1. The minimum Gasteiger partial charge on any atom is -0.352 e. The Balaban J connectivity index is 2.07. The van der Waals surface area contributed by atoms with Gasteiger partial charge in [0.25, 0.3) is 10.0 Å². The number of amides is 2. The van der Waals surface area contributed by atoms with Crippen LogP contribution in [0.4, 0.5) is 5.69 Å². The maximum atomic E-state index is 14.0. The van der Waals surface area contributed by atoms with E-state index in [1.54, 1.807) is 55.5 Å². The van der Waals surface area contributed by atoms with Crippen molar-refractivity contribution >= 4 is 50.7 Å². The first kappa shape index (κ1) is 31.5. The Hall–Kier alpha value is -3.07. The number of rotatable bonds is 11. The number of carbonyl (C=O) groups is 2. The summed E-state index contributed by atoms with van der Waals surface area (Å²) in [7, 11) is -4.13. The van der Waals surface area contributed by atoms with E-state index in [1.165, 1.54) is 17.0 Å². The highest BCUT2D eigenvalue weighted by Gasteiger charge is 2.33. The Morgan fingerprint density at radius 3 is 2.23 bits per heavy atom. The van der Waals surface area contributed by atoms with E-state index in [1.807, 2.05) is 33.8 Å². The topological polar surface area (TPSA) is 86.8 Å². The van der Waals surface area contributed by atoms with Crippen molar-refractivity contribution in [2.45, 2.75) is 64.6 Å². The number of nitrogens with one attached hydrogen (secondary N) is 1. The molecule has 0 bridgehead atoms. The summed E-state index contributed by atoms with van der Waals surface area (Å²) < 4.78 is 29.0. The Kier molecular flexibility index (Phi) is 10.6. The predicted octanol–water partition coefficient (Wildman–Crippen LogP) is 6.14. The van der Waals surface area contributed by atoms with Crippen molar-refractivity contribution in [3.8, 4) is 0 Å². The van der Waals surface area contributed by atoms with Crippen LogP contribution in [-0.2, 0) is 26.2 Å². The van der Waals surface area contributed by atoms with Gasteiger partial charge in [-0.05, 0) is 81.1 Å². The molecule has 40 heavy (non-hydrogen) atoms. The van der Waals surface area contributed by atoms with Crippen molar-refractivity contribution in [2.24, 2.45) is 0 Å². The summed E-state index contributed by atoms with van der Waals surface area (Å²) in [6.45, 7) is 8.67. The van der Waals surface area contributed by atoms with E-state index >= 15 is 0 Å². The number of benzene rings is 3. The van der Waals surface area contributed by atoms with Crippen LogP contribution in [0.5, 0.6) is 0 Å². The average Bonchev–Trinajstić information content (AvgIpc) is 2.93. The van der Waals surface area contributed by atoms with Crippen molar-refractivity contribution in [2.75, 3.05) is 10.8 Å². The minimum absolute atomic E-state index is 0.0246. The SMILES string of the molecule is CC[C@@H](C)NC(=O)[C@@H](C)N(Cc1ccc(Cl)c(Cl)c1)C(=O)CN(c1cccc(C)c1C)S(=O)(=O)c1ccccc1. The normalized spacial score (nSPS) is 12.9. The fourth-order valence-corrected chi connectivity index (χ4v) is 5.94. The average molecular weight is 605 g/mol. The molecule has 7 nitrogen and oxygen atoms in total. The largest absolute Gasteiger partial charge is 0.352 e. The van der Waals surface area contributed by atoms with Gasteiger partial charge in [0, 0.05) is 12.6 Å². The van der Waals surface area contributed by atoms with Crippen LogP contribution in [-0.4, -0.2) is 43.8 Å². The fourth-order valence-electron chi connectivity index (χ4n) is 4.12. The molecule has 0 heterocycles. The lowest BCUT2D eigenvalue weighted by Crippen LogP contribution is -2.52. The Bertz CT molecular complexity index is 1470. The smallest absolute Gasteiger partial charge is 0.264 e. The molecule has 1 N–H and O–H groups in total. The molecule has 0 aliphatic heterocycles. The summed E-state index contributed by atoms with van der Waals surface area (Å²) in [5.74, 6) is -0.884. The number of sulfonamides is 1. The molecule has 2 atom stereocenters. The second kappa shape index (κ2) is 13.5. The molecular formula is C30H35Cl2N3O4S. The van der Waals surface area contributed by atoms with Crippen molar-refractivity contribution in [1.82, 2.24) is 10.2 Å². The van der Waals surface area contributed by atoms with Gasteiger partial charge in [0.2, 0.25) is 11.8 Å². The Morgan fingerprint density at radius 1 is 0.925 bits per heavy atom. The molecular weight excluding hydrogens is 569 g/mol. The summed E-state index contributed by atoms with van der Waals surface area (Å²) in [6.07, 6.45) is 0.717. The number of hydrogen-bond acceptors (Lipinski definition) is 4. The highest BCUT2D eigenvalue weighted by molar-refractivity contribution is 7.92. The molecule has 214 valence electrons. The summed E-state index contributed by atoms with van der Waals surface area (Å²) in [6, 6.07) is 17.3. The Labute approximate surface area is 247 Å². The zero-order valence-electron chi connectivity index (χ0n) is 23.3. The Morgan fingerprint density at radius 2 is 1.60 bits per heavy atom. The minimum atomic E-state index is -4.13. The molecule has 0 aliphatic rings. The molecule has 0 aromatic heterocycles. The van der Waals surface area contributed by atoms with E-state index in [-0.39, 0.29) is 23.4 Å². The van der Waals surface area contributed by atoms with Gasteiger partial charge in [-0.25, -0.2) is 8.42 Å². The van der Waals surface area contributed by atoms with Crippen LogP contribution in [0, 0.1) is 13.8 Å². The zero-order chi connectivity index (χ0) is 29.6. The molecule has 0 fully saturated rings. The molecule has 10 heteroatoms. The molecule has 0 aliphatic carbocycles. The third kappa shape index (κ3) is 7.36. The van der Waals surface area contributed by atoms with Crippen molar-refractivity contribution in [3.05, 3.63) is 93.5 Å². The maximum Gasteiger partial charge on any atom is 0.264 e. The van der Waals surface area contributed by atoms with Gasteiger partial charge in [0.15, 0.2) is 0 Å². The van der Waals surface area contributed by atoms with E-state index in [0.29, 0.717) is 21.3 Å². The summed E-state index contributed by atoms with van der Waals surface area (Å²) >= 11 is 12.3. The third-order valence-corrected chi connectivity index (χ3v) is 9.47. The molecule has 0 radical (unpaired) electrons. The van der Waals surface area contributed by atoms with Crippen LogP contribution in [0.15, 0.2) is 71.6 Å². The lowest BCUT2D eigenvalue weighted by Gasteiger charge is -2.33. The standard InChI is InChI=1S/C30H35Cl2N3O4S/c1-6-21(3)33-30(37)23(5)34(18-24-15-16-26(31)27(32)17-24)29(36)19-35(28-14-10-11-20(2)22(28)4)40(38,39)25-12-8-7-9-13-25/h7-17,21,23H,6,18-19H2,1-5H3,(H,33,37)/t21-,23-/m1/s1. The summed E-state index contributed by atoms with van der Waals surface area (Å²) in [5, 5.41) is 3.59. The molecule has 0 saturated heterocycles. The molecule has 2 amide bonds. The van der Waals surface area contributed by atoms with Crippen LogP contribution in [0.2, 0.25) is 10.0 Å². The van der Waals surface area contributed by atoms with Gasteiger partial charge in [-0.1, -0.05) is 66.5 Å². The number of anilines is 1. The van der Waals surface area contributed by atoms with E-state index in [9.17, 15) is 18.0 Å². The highest BCUT2D eigenvalue weighted by atomic mass is 35.5. The monoisotopic (exact) mass is 603 g/mol. The van der Waals surface area contributed by atoms with Crippen molar-refractivity contribution < 1.29 is 18.0 Å². The first-order valence-electron chi connectivity index (χ1n) is 13.0. The predicted molar refractivity (Wildman–Crippen MR) is 161 cm³/mol. The van der Waals surface area contributed by atoms with E-state index in [2.05, 4.69) is 5.32 Å². The molecule has 0 saturated carbocycles. The fraction of sp³-hybridized carbons (Fsp3) is 0.333. The van der Waals surface area contributed by atoms with E-state index in [4.69, 9.17) is 23.2 Å². The second-order valence-corrected chi connectivity index (χ2v) is 12.5. The third-order valence-electron chi connectivity index (χ3n) is 6.96. The van der Waals surface area contributed by atoms with Crippen LogP contribution in [0.3, 0.4) is 0 Å². The van der Waals surface area contributed by atoms with E-state index < -0.39 is 28.5 Å². The first-order valence-corrected chi connectivity index (χ1v) is 15.2. The van der Waals surface area contributed by atoms with Crippen LogP contribution >= 0.6 is 23.2 Å². The highest BCUT2D eigenvalue weighted by Crippen LogP contribution is 2.29. The molecule has 3 aromatic carbocycles. The first-order chi connectivity index (χ1) is 18.9. The van der Waals surface area contributed by atoms with Crippen molar-refractivity contribution in [1.29, 1.82) is 0 Å². The quantitative estimate of drug-likeness (QED) is 0.285. The molecule has 0 spiro atoms. The van der Waals surface area contributed by atoms with Gasteiger partial charge in [0.1, 0.15) is 12.6 Å². The summed E-state index contributed by atoms with van der Waals surface area (Å²) in [4.78, 5) is 28.6. The van der Waals surface area contributed by atoms with Crippen molar-refractivity contribution in [3.63, 3.8) is 0 Å². The number of halogens is 2. The maximum absolute atomic E-state index is 14.0. The molecule has 3 rings (SSSR count). The van der Waals surface area contributed by atoms with Gasteiger partial charge >= 0.3 is 0 Å². The lowest BCUT2D eigenvalue weighted by atomic mass is 10.1. The van der Waals surface area contributed by atoms with Gasteiger partial charge in [-0.15, -0.1) is 0 Å². The van der Waals surface area contributed by atoms with E-state index in [0.717, 1.165) is 21.9 Å². The van der Waals surface area contributed by atoms with Crippen LogP contribution < -0.4 is 9.62 Å². The van der Waals surface area contributed by atoms with Gasteiger partial charge in [-0.2, -0.15) is 0 Å². The zero-order valence-corrected chi connectivity index (χ0v) is 25.6. The molecule has 0 unspecified atom stereocenters. The second-order valence-electron chi connectivity index (χ2n) is 9.81. The number of carbonyl (C=O) groups excluding carboxylic acids is 2. The van der Waals surface area contributed by atoms with Gasteiger partial charge in [-0.3, -0.25) is 13.9 Å².